The number of hydrogen-bond acceptors (Lipinski definition) is 2. The first-order chi connectivity index (χ1) is 12.8. The fourth-order valence-corrected chi connectivity index (χ4v) is 3.26. The zero-order chi connectivity index (χ0) is 20.0. The second kappa shape index (κ2) is 9.56. The van der Waals surface area contributed by atoms with Gasteiger partial charge in [0, 0.05) is 18.1 Å². The molecule has 0 heterocycles. The monoisotopic (exact) mass is 386 g/mol. The zero-order valence-corrected chi connectivity index (χ0v) is 17.1. The number of nitrogens with one attached hydrogen (secondary N) is 1. The topological polar surface area (TPSA) is 49.4 Å². The maximum Gasteiger partial charge on any atom is 0.242 e. The normalized spacial score (nSPS) is 11.7. The van der Waals surface area contributed by atoms with Gasteiger partial charge in [-0.2, -0.15) is 0 Å². The Morgan fingerprint density at radius 2 is 1.63 bits per heavy atom. The van der Waals surface area contributed by atoms with Gasteiger partial charge in [-0.25, -0.2) is 0 Å². The molecule has 2 aromatic rings. The van der Waals surface area contributed by atoms with Crippen LogP contribution in [0.2, 0.25) is 5.02 Å². The molecule has 0 fully saturated rings. The highest BCUT2D eigenvalue weighted by atomic mass is 35.5. The number of likely N-dealkylation sites (N-methyl/N-ethyl adjacent to an activating group) is 1. The molecule has 2 aromatic carbocycles. The molecule has 0 saturated carbocycles. The summed E-state index contributed by atoms with van der Waals surface area (Å²) in [6.45, 7) is 8.56. The largest absolute Gasteiger partial charge is 0.355 e. The molecule has 1 N–H and O–H groups in total. The minimum absolute atomic E-state index is 0.0753. The van der Waals surface area contributed by atoms with Gasteiger partial charge in [0.1, 0.15) is 6.04 Å². The van der Waals surface area contributed by atoms with E-state index in [1.807, 2.05) is 45.0 Å². The number of carbonyl (C=O) groups is 2. The fraction of sp³-hybridized carbons (Fsp3) is 0.364. The summed E-state index contributed by atoms with van der Waals surface area (Å²) in [6.07, 6.45) is 0.264. The second-order valence-electron chi connectivity index (χ2n) is 6.89. The van der Waals surface area contributed by atoms with E-state index in [2.05, 4.69) is 11.4 Å². The third-order valence-electron chi connectivity index (χ3n) is 4.42. The van der Waals surface area contributed by atoms with Gasteiger partial charge in [-0.3, -0.25) is 9.59 Å². The molecular formula is C22H27ClN2O2. The Hall–Kier alpha value is -2.33. The Morgan fingerprint density at radius 1 is 1.04 bits per heavy atom. The number of hydrogen-bond donors (Lipinski definition) is 1. The Balaban J connectivity index is 2.24. The molecule has 0 radical (unpaired) electrons. The van der Waals surface area contributed by atoms with Crippen molar-refractivity contribution in [1.82, 2.24) is 10.2 Å². The number of benzene rings is 2. The summed E-state index contributed by atoms with van der Waals surface area (Å²) < 4.78 is 0. The Bertz CT molecular complexity index is 782. The first-order valence-corrected chi connectivity index (χ1v) is 9.56. The van der Waals surface area contributed by atoms with Crippen molar-refractivity contribution in [1.29, 1.82) is 0 Å². The van der Waals surface area contributed by atoms with Crippen LogP contribution in [0.4, 0.5) is 0 Å². The van der Waals surface area contributed by atoms with E-state index in [4.69, 9.17) is 11.6 Å². The van der Waals surface area contributed by atoms with Crippen molar-refractivity contribution >= 4 is 23.4 Å². The van der Waals surface area contributed by atoms with Gasteiger partial charge < -0.3 is 10.2 Å². The minimum atomic E-state index is -0.556. The van der Waals surface area contributed by atoms with E-state index in [0.717, 1.165) is 22.3 Å². The molecule has 2 rings (SSSR count). The Labute approximate surface area is 166 Å². The predicted molar refractivity (Wildman–Crippen MR) is 110 cm³/mol. The third kappa shape index (κ3) is 6.10. The number of rotatable bonds is 7. The van der Waals surface area contributed by atoms with Gasteiger partial charge in [-0.15, -0.1) is 0 Å². The van der Waals surface area contributed by atoms with Gasteiger partial charge in [-0.05, 0) is 51.0 Å². The van der Waals surface area contributed by atoms with Gasteiger partial charge in [0.25, 0.3) is 0 Å². The molecule has 0 saturated heterocycles. The van der Waals surface area contributed by atoms with E-state index >= 15 is 0 Å². The average Bonchev–Trinajstić information content (AvgIpc) is 2.59. The summed E-state index contributed by atoms with van der Waals surface area (Å²) in [5.74, 6) is -0.228. The van der Waals surface area contributed by atoms with Crippen LogP contribution < -0.4 is 5.32 Å². The first-order valence-electron chi connectivity index (χ1n) is 9.19. The summed E-state index contributed by atoms with van der Waals surface area (Å²) in [4.78, 5) is 27.1. The lowest BCUT2D eigenvalue weighted by molar-refractivity contribution is -0.140. The smallest absolute Gasteiger partial charge is 0.242 e. The molecule has 0 unspecified atom stereocenters. The number of aryl methyl sites for hydroxylation is 2. The lowest BCUT2D eigenvalue weighted by atomic mass is 10.0. The van der Waals surface area contributed by atoms with Crippen molar-refractivity contribution in [2.45, 2.75) is 46.7 Å². The van der Waals surface area contributed by atoms with Gasteiger partial charge in [0.15, 0.2) is 0 Å². The molecule has 27 heavy (non-hydrogen) atoms. The molecule has 4 nitrogen and oxygen atoms in total. The van der Waals surface area contributed by atoms with E-state index in [1.165, 1.54) is 0 Å². The average molecular weight is 387 g/mol. The molecule has 0 aliphatic heterocycles. The van der Waals surface area contributed by atoms with Crippen molar-refractivity contribution in [3.63, 3.8) is 0 Å². The van der Waals surface area contributed by atoms with E-state index in [0.29, 0.717) is 18.1 Å². The first kappa shape index (κ1) is 21.0. The van der Waals surface area contributed by atoms with Crippen molar-refractivity contribution in [3.8, 4) is 0 Å². The molecule has 5 heteroatoms. The third-order valence-corrected chi connectivity index (χ3v) is 4.67. The van der Waals surface area contributed by atoms with E-state index in [9.17, 15) is 9.59 Å². The molecule has 1 atom stereocenters. The van der Waals surface area contributed by atoms with Crippen LogP contribution in [0.15, 0.2) is 42.5 Å². The predicted octanol–water partition coefficient (Wildman–Crippen LogP) is 4.05. The summed E-state index contributed by atoms with van der Waals surface area (Å²) in [7, 11) is 0. The second-order valence-corrected chi connectivity index (χ2v) is 7.33. The van der Waals surface area contributed by atoms with E-state index in [1.54, 1.807) is 24.0 Å². The van der Waals surface area contributed by atoms with Crippen LogP contribution in [0, 0.1) is 13.8 Å². The highest BCUT2D eigenvalue weighted by molar-refractivity contribution is 6.30. The van der Waals surface area contributed by atoms with Gasteiger partial charge >= 0.3 is 0 Å². The van der Waals surface area contributed by atoms with Crippen LogP contribution in [0.3, 0.4) is 0 Å². The molecule has 0 aliphatic rings. The summed E-state index contributed by atoms with van der Waals surface area (Å²) in [5.41, 5.74) is 4.14. The van der Waals surface area contributed by atoms with Crippen molar-refractivity contribution in [2.75, 3.05) is 6.54 Å². The Kier molecular flexibility index (Phi) is 7.43. The maximum atomic E-state index is 13.1. The van der Waals surface area contributed by atoms with Crippen LogP contribution in [0.1, 0.15) is 36.1 Å². The van der Waals surface area contributed by atoms with Crippen molar-refractivity contribution in [3.05, 3.63) is 69.7 Å². The van der Waals surface area contributed by atoms with Gasteiger partial charge in [-0.1, -0.05) is 53.1 Å². The van der Waals surface area contributed by atoms with Gasteiger partial charge in [0.05, 0.1) is 6.42 Å². The molecule has 0 aromatic heterocycles. The Morgan fingerprint density at radius 3 is 2.19 bits per heavy atom. The summed E-state index contributed by atoms with van der Waals surface area (Å²) in [5, 5.41) is 3.45. The highest BCUT2D eigenvalue weighted by Gasteiger charge is 2.25. The lowest BCUT2D eigenvalue weighted by Crippen LogP contribution is -2.48. The number of nitrogens with zero attached hydrogens (tertiary/aromatic N) is 1. The number of amides is 2. The van der Waals surface area contributed by atoms with Crippen molar-refractivity contribution < 1.29 is 9.59 Å². The molecule has 144 valence electrons. The van der Waals surface area contributed by atoms with E-state index < -0.39 is 6.04 Å². The van der Waals surface area contributed by atoms with Crippen molar-refractivity contribution in [2.24, 2.45) is 0 Å². The van der Waals surface area contributed by atoms with Crippen LogP contribution in [0.25, 0.3) is 0 Å². The molecule has 0 spiro atoms. The van der Waals surface area contributed by atoms with Crippen LogP contribution in [-0.2, 0) is 22.6 Å². The lowest BCUT2D eigenvalue weighted by Gasteiger charge is -2.29. The summed E-state index contributed by atoms with van der Waals surface area (Å²) >= 11 is 5.96. The number of halogens is 1. The van der Waals surface area contributed by atoms with Crippen LogP contribution >= 0.6 is 11.6 Å². The SMILES string of the molecule is CCNC(=O)[C@H](C)N(Cc1ccc(Cl)cc1)C(=O)Cc1cc(C)cc(C)c1. The standard InChI is InChI=1S/C22H27ClN2O2/c1-5-24-22(27)17(4)25(14-18-6-8-20(23)9-7-18)21(26)13-19-11-15(2)10-16(3)12-19/h6-12,17H,5,13-14H2,1-4H3,(H,24,27)/t17-/m0/s1. The fourth-order valence-electron chi connectivity index (χ4n) is 3.14. The molecule has 0 aliphatic carbocycles. The molecule has 0 bridgehead atoms. The molecule has 2 amide bonds. The maximum absolute atomic E-state index is 13.1. The highest BCUT2D eigenvalue weighted by Crippen LogP contribution is 2.16. The van der Waals surface area contributed by atoms with Crippen LogP contribution in [-0.4, -0.2) is 29.3 Å². The van der Waals surface area contributed by atoms with E-state index in [-0.39, 0.29) is 18.2 Å². The van der Waals surface area contributed by atoms with Crippen LogP contribution in [0.5, 0.6) is 0 Å². The van der Waals surface area contributed by atoms with Gasteiger partial charge in [0.2, 0.25) is 11.8 Å². The quantitative estimate of drug-likeness (QED) is 0.780. The minimum Gasteiger partial charge on any atom is -0.355 e. The zero-order valence-electron chi connectivity index (χ0n) is 16.4. The summed E-state index contributed by atoms with van der Waals surface area (Å²) in [6, 6.07) is 12.9. The molecular weight excluding hydrogens is 360 g/mol. The number of carbonyl (C=O) groups excluding carboxylic acids is 2.